The first-order valence-electron chi connectivity index (χ1n) is 13.5. The fraction of sp³-hybridized carbons (Fsp3) is 0.235. The molecule has 3 aromatic carbocycles. The minimum Gasteiger partial charge on any atom is -0.506 e. The summed E-state index contributed by atoms with van der Waals surface area (Å²) < 4.78 is 0. The quantitative estimate of drug-likeness (QED) is 0.261. The molecule has 0 aliphatic carbocycles. The van der Waals surface area contributed by atoms with Crippen LogP contribution in [0.2, 0.25) is 0 Å². The number of rotatable bonds is 4. The summed E-state index contributed by atoms with van der Waals surface area (Å²) in [7, 11) is 4.05. The van der Waals surface area contributed by atoms with Gasteiger partial charge in [0.1, 0.15) is 17.1 Å². The highest BCUT2D eigenvalue weighted by atomic mass is 16.3. The highest BCUT2D eigenvalue weighted by Gasteiger charge is 2.37. The Kier molecular flexibility index (Phi) is 5.83. The number of phenolic OH excluding ortho intramolecular Hbond substituents is 1. The number of anilines is 4. The number of fused-ring (bicyclic) bond motifs is 3. The van der Waals surface area contributed by atoms with E-state index in [-0.39, 0.29) is 11.2 Å². The second-order valence-corrected chi connectivity index (χ2v) is 11.4. The van der Waals surface area contributed by atoms with E-state index in [0.29, 0.717) is 11.4 Å². The van der Waals surface area contributed by atoms with Gasteiger partial charge in [-0.3, -0.25) is 4.90 Å². The van der Waals surface area contributed by atoms with Gasteiger partial charge in [-0.05, 0) is 59.0 Å². The standard InChI is InChI=1S/C34H34N4O/c1-21(2)24-14-17-31(39)33-25(24)13-16-28(36-33)22-11-15-27-30(19-22)38(32-18-12-23(20-35-32)37(5)6)29-10-8-7-9-26(29)34(27,3)4/h7-21,39H,1-6H3. The summed E-state index contributed by atoms with van der Waals surface area (Å²) >= 11 is 0. The number of hydrogen-bond donors (Lipinski definition) is 1. The highest BCUT2D eigenvalue weighted by molar-refractivity contribution is 5.91. The molecule has 5 aromatic rings. The first-order chi connectivity index (χ1) is 18.7. The summed E-state index contributed by atoms with van der Waals surface area (Å²) in [6.07, 6.45) is 1.92. The Morgan fingerprint density at radius 3 is 2.33 bits per heavy atom. The summed E-state index contributed by atoms with van der Waals surface area (Å²) in [6, 6.07) is 27.3. The average molecular weight is 515 g/mol. The van der Waals surface area contributed by atoms with Crippen LogP contribution in [0.3, 0.4) is 0 Å². The summed E-state index contributed by atoms with van der Waals surface area (Å²) in [6.45, 7) is 8.89. The predicted octanol–water partition coefficient (Wildman–Crippen LogP) is 8.30. The molecule has 1 N–H and O–H groups in total. The molecule has 0 fully saturated rings. The molecule has 0 saturated carbocycles. The molecule has 0 saturated heterocycles. The first-order valence-corrected chi connectivity index (χ1v) is 13.5. The zero-order valence-corrected chi connectivity index (χ0v) is 23.4. The fourth-order valence-corrected chi connectivity index (χ4v) is 5.79. The van der Waals surface area contributed by atoms with Crippen molar-refractivity contribution < 1.29 is 5.11 Å². The number of aromatic hydroxyl groups is 1. The third kappa shape index (κ3) is 4.00. The van der Waals surface area contributed by atoms with Crippen LogP contribution in [0.25, 0.3) is 22.2 Å². The Bertz CT molecular complexity index is 1700. The van der Waals surface area contributed by atoms with Gasteiger partial charge >= 0.3 is 0 Å². The molecule has 39 heavy (non-hydrogen) atoms. The van der Waals surface area contributed by atoms with Gasteiger partial charge in [-0.1, -0.05) is 70.2 Å². The van der Waals surface area contributed by atoms with Gasteiger partial charge in [0.05, 0.1) is 29.0 Å². The van der Waals surface area contributed by atoms with Crippen LogP contribution in [0.4, 0.5) is 22.9 Å². The van der Waals surface area contributed by atoms with E-state index < -0.39 is 0 Å². The van der Waals surface area contributed by atoms with Crippen LogP contribution in [0.1, 0.15) is 50.3 Å². The maximum absolute atomic E-state index is 10.7. The van der Waals surface area contributed by atoms with E-state index in [1.807, 2.05) is 26.4 Å². The summed E-state index contributed by atoms with van der Waals surface area (Å²) in [5.41, 5.74) is 9.22. The van der Waals surface area contributed by atoms with Gasteiger partial charge in [-0.25, -0.2) is 9.97 Å². The SMILES string of the molecule is CC(C)c1ccc(O)c2nc(-c3ccc4c(c3)N(c3ccc(N(C)C)cn3)c3ccccc3C4(C)C)ccc12. The lowest BCUT2D eigenvalue weighted by Gasteiger charge is -2.41. The van der Waals surface area contributed by atoms with Gasteiger partial charge in [0.2, 0.25) is 0 Å². The molecule has 196 valence electrons. The van der Waals surface area contributed by atoms with Gasteiger partial charge in [-0.15, -0.1) is 0 Å². The molecule has 3 heterocycles. The molecule has 0 radical (unpaired) electrons. The Morgan fingerprint density at radius 1 is 0.846 bits per heavy atom. The first kappa shape index (κ1) is 24.9. The Morgan fingerprint density at radius 2 is 1.62 bits per heavy atom. The average Bonchev–Trinajstić information content (AvgIpc) is 2.93. The number of pyridine rings is 2. The Hall–Kier alpha value is -4.38. The van der Waals surface area contributed by atoms with Crippen LogP contribution >= 0.6 is 0 Å². The molecule has 1 aliphatic rings. The van der Waals surface area contributed by atoms with Crippen molar-refractivity contribution >= 4 is 33.8 Å². The van der Waals surface area contributed by atoms with Crippen molar-refractivity contribution in [2.75, 3.05) is 23.9 Å². The van der Waals surface area contributed by atoms with Crippen molar-refractivity contribution in [1.82, 2.24) is 9.97 Å². The molecule has 2 aromatic heterocycles. The van der Waals surface area contributed by atoms with Crippen LogP contribution in [-0.2, 0) is 5.41 Å². The molecular weight excluding hydrogens is 480 g/mol. The van der Waals surface area contributed by atoms with Gasteiger partial charge in [0, 0.05) is 30.5 Å². The van der Waals surface area contributed by atoms with Gasteiger partial charge in [-0.2, -0.15) is 0 Å². The third-order valence-electron chi connectivity index (χ3n) is 8.00. The van der Waals surface area contributed by atoms with E-state index in [4.69, 9.17) is 9.97 Å². The van der Waals surface area contributed by atoms with Gasteiger partial charge in [0.25, 0.3) is 0 Å². The van der Waals surface area contributed by atoms with Crippen molar-refractivity contribution in [1.29, 1.82) is 0 Å². The minimum absolute atomic E-state index is 0.189. The lowest BCUT2D eigenvalue weighted by atomic mass is 9.73. The molecular formula is C34H34N4O. The monoisotopic (exact) mass is 514 g/mol. The second kappa shape index (κ2) is 9.12. The van der Waals surface area contributed by atoms with E-state index >= 15 is 0 Å². The van der Waals surface area contributed by atoms with Crippen molar-refractivity contribution in [3.8, 4) is 17.0 Å². The second-order valence-electron chi connectivity index (χ2n) is 11.4. The number of nitrogens with zero attached hydrogens (tertiary/aromatic N) is 4. The zero-order valence-electron chi connectivity index (χ0n) is 23.4. The molecule has 0 atom stereocenters. The van der Waals surface area contributed by atoms with Crippen molar-refractivity contribution in [2.24, 2.45) is 0 Å². The molecule has 5 nitrogen and oxygen atoms in total. The Balaban J connectivity index is 1.55. The van der Waals surface area contributed by atoms with E-state index in [9.17, 15) is 5.11 Å². The van der Waals surface area contributed by atoms with E-state index in [0.717, 1.165) is 39.5 Å². The van der Waals surface area contributed by atoms with Crippen molar-refractivity contribution in [3.05, 3.63) is 102 Å². The van der Waals surface area contributed by atoms with Crippen LogP contribution in [0.5, 0.6) is 5.75 Å². The topological polar surface area (TPSA) is 52.5 Å². The smallest absolute Gasteiger partial charge is 0.141 e. The zero-order chi connectivity index (χ0) is 27.5. The van der Waals surface area contributed by atoms with Gasteiger partial charge in [0.15, 0.2) is 0 Å². The highest BCUT2D eigenvalue weighted by Crippen LogP contribution is 2.52. The minimum atomic E-state index is -0.189. The summed E-state index contributed by atoms with van der Waals surface area (Å²) in [5.74, 6) is 1.41. The summed E-state index contributed by atoms with van der Waals surface area (Å²) in [4.78, 5) is 14.2. The maximum Gasteiger partial charge on any atom is 0.141 e. The van der Waals surface area contributed by atoms with Crippen LogP contribution in [0.15, 0.2) is 85.1 Å². The van der Waals surface area contributed by atoms with E-state index in [1.54, 1.807) is 6.07 Å². The lowest BCUT2D eigenvalue weighted by molar-refractivity contribution is 0.480. The number of aromatic nitrogens is 2. The largest absolute Gasteiger partial charge is 0.506 e. The molecule has 0 bridgehead atoms. The van der Waals surface area contributed by atoms with Gasteiger partial charge < -0.3 is 10.0 Å². The van der Waals surface area contributed by atoms with Crippen LogP contribution < -0.4 is 9.80 Å². The van der Waals surface area contributed by atoms with E-state index in [1.165, 1.54) is 16.7 Å². The fourth-order valence-electron chi connectivity index (χ4n) is 5.79. The molecule has 1 aliphatic heterocycles. The third-order valence-corrected chi connectivity index (χ3v) is 8.00. The summed E-state index contributed by atoms with van der Waals surface area (Å²) in [5, 5.41) is 11.7. The molecule has 0 amide bonds. The molecule has 6 rings (SSSR count). The maximum atomic E-state index is 10.7. The van der Waals surface area contributed by atoms with Crippen LogP contribution in [0, 0.1) is 0 Å². The van der Waals surface area contributed by atoms with Crippen molar-refractivity contribution in [2.45, 2.75) is 39.0 Å². The number of para-hydroxylation sites is 1. The number of phenols is 1. The number of benzene rings is 3. The molecule has 0 spiro atoms. The lowest BCUT2D eigenvalue weighted by Crippen LogP contribution is -2.31. The number of hydrogen-bond acceptors (Lipinski definition) is 5. The molecule has 0 unspecified atom stereocenters. The Labute approximate surface area is 230 Å². The predicted molar refractivity (Wildman–Crippen MR) is 162 cm³/mol. The van der Waals surface area contributed by atoms with E-state index in [2.05, 4.69) is 104 Å². The normalized spacial score (nSPS) is 13.9. The van der Waals surface area contributed by atoms with Crippen molar-refractivity contribution in [3.63, 3.8) is 0 Å². The van der Waals surface area contributed by atoms with Crippen LogP contribution in [-0.4, -0.2) is 29.2 Å². The molecule has 5 heteroatoms.